The number of aryl methyl sites for hydroxylation is 1. The molecule has 6 nitrogen and oxygen atoms in total. The Morgan fingerprint density at radius 3 is 2.24 bits per heavy atom. The zero-order valence-corrected chi connectivity index (χ0v) is 19.3. The number of aromatic nitrogens is 1. The maximum atomic E-state index is 13.4. The molecule has 3 aromatic rings. The minimum Gasteiger partial charge on any atom is -0.507 e. The fourth-order valence-electron chi connectivity index (χ4n) is 4.66. The largest absolute Gasteiger partial charge is 0.507 e. The molecule has 1 atom stereocenters. The molecule has 1 aliphatic rings. The summed E-state index contributed by atoms with van der Waals surface area (Å²) in [5.74, 6) is 0.501. The first-order valence-corrected chi connectivity index (χ1v) is 11.2. The van der Waals surface area contributed by atoms with Gasteiger partial charge in [-0.25, -0.2) is 4.39 Å². The second-order valence-corrected chi connectivity index (χ2v) is 8.31. The quantitative estimate of drug-likeness (QED) is 0.615. The van der Waals surface area contributed by atoms with Crippen molar-refractivity contribution in [3.05, 3.63) is 87.6 Å². The molecule has 0 unspecified atom stereocenters. The van der Waals surface area contributed by atoms with E-state index < -0.39 is 6.04 Å². The number of piperazine rings is 1. The van der Waals surface area contributed by atoms with E-state index in [4.69, 9.17) is 4.74 Å². The Kier molecular flexibility index (Phi) is 6.70. The van der Waals surface area contributed by atoms with Crippen molar-refractivity contribution < 1.29 is 14.2 Å². The van der Waals surface area contributed by atoms with Gasteiger partial charge in [0, 0.05) is 44.1 Å². The molecule has 0 aliphatic carbocycles. The van der Waals surface area contributed by atoms with Gasteiger partial charge in [0.05, 0.1) is 18.7 Å². The number of halogens is 1. The molecule has 0 radical (unpaired) electrons. The SMILES string of the molecule is CCn1c(C)cc(O)c([C@H](c2ccc(OC)cc2)N2CCN(c3ccc(F)cc3)CC2)c1=O. The summed E-state index contributed by atoms with van der Waals surface area (Å²) in [6, 6.07) is 15.5. The summed E-state index contributed by atoms with van der Waals surface area (Å²) in [5, 5.41) is 10.9. The van der Waals surface area contributed by atoms with Crippen molar-refractivity contribution in [2.45, 2.75) is 26.4 Å². The first-order valence-electron chi connectivity index (χ1n) is 11.2. The number of ether oxygens (including phenoxy) is 1. The predicted octanol–water partition coefficient (Wildman–Crippen LogP) is 3.94. The number of benzene rings is 2. The van der Waals surface area contributed by atoms with E-state index in [2.05, 4.69) is 9.80 Å². The Bertz CT molecular complexity index is 1150. The molecule has 0 amide bonds. The molecule has 0 bridgehead atoms. The van der Waals surface area contributed by atoms with Crippen molar-refractivity contribution in [3.63, 3.8) is 0 Å². The van der Waals surface area contributed by atoms with E-state index in [9.17, 15) is 14.3 Å². The molecular formula is C26H30FN3O3. The first kappa shape index (κ1) is 22.9. The van der Waals surface area contributed by atoms with Gasteiger partial charge in [0.1, 0.15) is 17.3 Å². The Labute approximate surface area is 193 Å². The second-order valence-electron chi connectivity index (χ2n) is 8.31. The van der Waals surface area contributed by atoms with Gasteiger partial charge in [-0.3, -0.25) is 9.69 Å². The van der Waals surface area contributed by atoms with Gasteiger partial charge in [0.2, 0.25) is 0 Å². The third-order valence-electron chi connectivity index (χ3n) is 6.42. The zero-order chi connectivity index (χ0) is 23.5. The van der Waals surface area contributed by atoms with Gasteiger partial charge in [0.15, 0.2) is 0 Å². The minimum absolute atomic E-state index is 0.0176. The van der Waals surface area contributed by atoms with Crippen LogP contribution in [-0.4, -0.2) is 47.9 Å². The summed E-state index contributed by atoms with van der Waals surface area (Å²) < 4.78 is 20.3. The van der Waals surface area contributed by atoms with Crippen molar-refractivity contribution in [1.82, 2.24) is 9.47 Å². The Hall–Kier alpha value is -3.32. The van der Waals surface area contributed by atoms with E-state index in [1.165, 1.54) is 12.1 Å². The van der Waals surface area contributed by atoms with Crippen LogP contribution in [0.3, 0.4) is 0 Å². The lowest BCUT2D eigenvalue weighted by Crippen LogP contribution is -2.49. The van der Waals surface area contributed by atoms with E-state index in [1.54, 1.807) is 29.9 Å². The lowest BCUT2D eigenvalue weighted by molar-refractivity contribution is 0.207. The molecule has 33 heavy (non-hydrogen) atoms. The summed E-state index contributed by atoms with van der Waals surface area (Å²) >= 11 is 0. The van der Waals surface area contributed by atoms with Gasteiger partial charge in [-0.05, 0) is 61.9 Å². The molecule has 0 saturated carbocycles. The van der Waals surface area contributed by atoms with Crippen LogP contribution < -0.4 is 15.2 Å². The van der Waals surface area contributed by atoms with E-state index >= 15 is 0 Å². The molecule has 2 aromatic carbocycles. The van der Waals surface area contributed by atoms with Crippen LogP contribution in [0.1, 0.15) is 29.8 Å². The first-order chi connectivity index (χ1) is 15.9. The van der Waals surface area contributed by atoms with Crippen molar-refractivity contribution >= 4 is 5.69 Å². The lowest BCUT2D eigenvalue weighted by atomic mass is 9.95. The highest BCUT2D eigenvalue weighted by molar-refractivity contribution is 5.47. The van der Waals surface area contributed by atoms with Crippen LogP contribution >= 0.6 is 0 Å². The Morgan fingerprint density at radius 2 is 1.67 bits per heavy atom. The van der Waals surface area contributed by atoms with Crippen molar-refractivity contribution in [3.8, 4) is 11.5 Å². The summed E-state index contributed by atoms with van der Waals surface area (Å²) in [4.78, 5) is 17.9. The van der Waals surface area contributed by atoms with Gasteiger partial charge in [-0.2, -0.15) is 0 Å². The Morgan fingerprint density at radius 1 is 1.03 bits per heavy atom. The molecule has 7 heteroatoms. The maximum absolute atomic E-state index is 13.4. The number of hydrogen-bond acceptors (Lipinski definition) is 5. The maximum Gasteiger partial charge on any atom is 0.259 e. The normalized spacial score (nSPS) is 15.5. The van der Waals surface area contributed by atoms with Gasteiger partial charge < -0.3 is 19.3 Å². The van der Waals surface area contributed by atoms with Crippen LogP contribution in [0.2, 0.25) is 0 Å². The zero-order valence-electron chi connectivity index (χ0n) is 19.3. The molecule has 1 saturated heterocycles. The summed E-state index contributed by atoms with van der Waals surface area (Å²) in [6.45, 7) is 7.13. The highest BCUT2D eigenvalue weighted by atomic mass is 19.1. The summed E-state index contributed by atoms with van der Waals surface area (Å²) in [6.07, 6.45) is 0. The fraction of sp³-hybridized carbons (Fsp3) is 0.346. The topological polar surface area (TPSA) is 57.9 Å². The number of aromatic hydroxyl groups is 1. The predicted molar refractivity (Wildman–Crippen MR) is 128 cm³/mol. The third kappa shape index (κ3) is 4.59. The van der Waals surface area contributed by atoms with Gasteiger partial charge in [0.25, 0.3) is 5.56 Å². The number of nitrogens with zero attached hydrogens (tertiary/aromatic N) is 3. The monoisotopic (exact) mass is 451 g/mol. The van der Waals surface area contributed by atoms with E-state index in [-0.39, 0.29) is 17.1 Å². The van der Waals surface area contributed by atoms with E-state index in [0.29, 0.717) is 25.2 Å². The summed E-state index contributed by atoms with van der Waals surface area (Å²) in [7, 11) is 1.62. The molecule has 0 spiro atoms. The molecule has 4 rings (SSSR count). The van der Waals surface area contributed by atoms with Gasteiger partial charge in [-0.15, -0.1) is 0 Å². The fourth-order valence-corrected chi connectivity index (χ4v) is 4.66. The molecule has 1 N–H and O–H groups in total. The molecule has 2 heterocycles. The number of methoxy groups -OCH3 is 1. The van der Waals surface area contributed by atoms with Crippen LogP contribution in [0.4, 0.5) is 10.1 Å². The average molecular weight is 452 g/mol. The highest BCUT2D eigenvalue weighted by Crippen LogP contribution is 2.34. The number of anilines is 1. The minimum atomic E-state index is -0.392. The molecule has 1 aliphatic heterocycles. The molecule has 1 aromatic heterocycles. The number of rotatable bonds is 6. The number of hydrogen-bond donors (Lipinski definition) is 1. The average Bonchev–Trinajstić information content (AvgIpc) is 2.83. The van der Waals surface area contributed by atoms with Crippen molar-refractivity contribution in [1.29, 1.82) is 0 Å². The van der Waals surface area contributed by atoms with Crippen LogP contribution in [0, 0.1) is 12.7 Å². The molecular weight excluding hydrogens is 421 g/mol. The Balaban J connectivity index is 1.70. The third-order valence-corrected chi connectivity index (χ3v) is 6.42. The lowest BCUT2D eigenvalue weighted by Gasteiger charge is -2.40. The summed E-state index contributed by atoms with van der Waals surface area (Å²) in [5.41, 5.74) is 2.85. The van der Waals surface area contributed by atoms with E-state index in [1.807, 2.05) is 38.1 Å². The smallest absolute Gasteiger partial charge is 0.259 e. The van der Waals surface area contributed by atoms with Crippen LogP contribution in [0.5, 0.6) is 11.5 Å². The standard InChI is InChI=1S/C26H30FN3O3/c1-4-30-18(2)17-23(31)24(26(30)32)25(19-5-11-22(33-3)12-6-19)29-15-13-28(14-16-29)21-9-7-20(27)8-10-21/h5-12,17,25,31H,4,13-16H2,1-3H3/t25-/m0/s1. The van der Waals surface area contributed by atoms with Crippen molar-refractivity contribution in [2.75, 3.05) is 38.2 Å². The second kappa shape index (κ2) is 9.67. The van der Waals surface area contributed by atoms with Crippen LogP contribution in [0.15, 0.2) is 59.4 Å². The van der Waals surface area contributed by atoms with Crippen LogP contribution in [-0.2, 0) is 6.54 Å². The molecule has 174 valence electrons. The molecule has 1 fully saturated rings. The highest BCUT2D eigenvalue weighted by Gasteiger charge is 2.31. The van der Waals surface area contributed by atoms with E-state index in [0.717, 1.165) is 35.8 Å². The van der Waals surface area contributed by atoms with Crippen LogP contribution in [0.25, 0.3) is 0 Å². The van der Waals surface area contributed by atoms with Crippen molar-refractivity contribution in [2.24, 2.45) is 0 Å². The number of pyridine rings is 1. The van der Waals surface area contributed by atoms with Gasteiger partial charge in [-0.1, -0.05) is 12.1 Å². The van der Waals surface area contributed by atoms with Gasteiger partial charge >= 0.3 is 0 Å².